The van der Waals surface area contributed by atoms with Crippen LogP contribution in [0.3, 0.4) is 0 Å². The normalized spacial score (nSPS) is 21.3. The van der Waals surface area contributed by atoms with Crippen molar-refractivity contribution in [3.63, 3.8) is 0 Å². The van der Waals surface area contributed by atoms with Crippen molar-refractivity contribution in [1.82, 2.24) is 15.1 Å². The minimum Gasteiger partial charge on any atom is -0.493 e. The van der Waals surface area contributed by atoms with Gasteiger partial charge in [0.15, 0.2) is 11.5 Å². The van der Waals surface area contributed by atoms with Crippen LogP contribution in [0, 0.1) is 3.57 Å². The molecule has 1 aliphatic carbocycles. The predicted molar refractivity (Wildman–Crippen MR) is 157 cm³/mol. The first-order valence-electron chi connectivity index (χ1n) is 13.4. The topological polar surface area (TPSA) is 141 Å². The molecular formula is C28H40IN3O8. The largest absolute Gasteiger partial charge is 0.493 e. The molecule has 3 unspecified atom stereocenters. The van der Waals surface area contributed by atoms with Gasteiger partial charge in [-0.3, -0.25) is 14.5 Å². The molecule has 3 rings (SSSR count). The predicted octanol–water partition coefficient (Wildman–Crippen LogP) is 0.835. The highest BCUT2D eigenvalue weighted by Crippen LogP contribution is 2.37. The number of carbonyl (C=O) groups is 2. The van der Waals surface area contributed by atoms with E-state index in [4.69, 9.17) is 14.2 Å². The lowest BCUT2D eigenvalue weighted by molar-refractivity contribution is -0.139. The van der Waals surface area contributed by atoms with E-state index in [-0.39, 0.29) is 38.5 Å². The lowest BCUT2D eigenvalue weighted by Crippen LogP contribution is -2.56. The van der Waals surface area contributed by atoms with Crippen LogP contribution < -0.4 is 14.8 Å². The number of morpholine rings is 1. The number of benzene rings is 1. The number of methoxy groups -OCH3 is 1. The standard InChI is InChI=1S/C28H40IN3O8/c1-3-4-5-25(35)32(8-7-31-9-12-39-13-10-31)22-16-20(28(37)30-6-11-33)17-23(26(22)36)40-27-21(29)14-19(18-34)15-24(27)38-2/h3,14-15,17,22-23,26,33-34,36H,1,4-13,16,18H2,2H3,(H,30,37). The first-order chi connectivity index (χ1) is 19.3. The summed E-state index contributed by atoms with van der Waals surface area (Å²) < 4.78 is 17.9. The Bertz CT molecular complexity index is 1050. The zero-order valence-electron chi connectivity index (χ0n) is 22.9. The third kappa shape index (κ3) is 8.63. The molecule has 12 heteroatoms. The van der Waals surface area contributed by atoms with Gasteiger partial charge in [0, 0.05) is 51.1 Å². The third-order valence-corrected chi connectivity index (χ3v) is 7.79. The average Bonchev–Trinajstić information content (AvgIpc) is 2.97. The number of amides is 2. The smallest absolute Gasteiger partial charge is 0.247 e. The summed E-state index contributed by atoms with van der Waals surface area (Å²) in [5.41, 5.74) is 0.986. The van der Waals surface area contributed by atoms with Gasteiger partial charge in [-0.15, -0.1) is 6.58 Å². The lowest BCUT2D eigenvalue weighted by atomic mass is 9.88. The number of carbonyl (C=O) groups excluding carboxylic acids is 2. The molecule has 11 nitrogen and oxygen atoms in total. The van der Waals surface area contributed by atoms with Crippen LogP contribution >= 0.6 is 22.6 Å². The number of aliphatic hydroxyl groups excluding tert-OH is 3. The Morgan fingerprint density at radius 1 is 1.30 bits per heavy atom. The molecule has 3 atom stereocenters. The molecule has 2 amide bonds. The lowest BCUT2D eigenvalue weighted by Gasteiger charge is -2.41. The van der Waals surface area contributed by atoms with Gasteiger partial charge in [0.1, 0.15) is 12.2 Å². The Morgan fingerprint density at radius 3 is 2.70 bits per heavy atom. The maximum Gasteiger partial charge on any atom is 0.247 e. The van der Waals surface area contributed by atoms with Gasteiger partial charge in [-0.05, 0) is 52.8 Å². The number of nitrogens with one attached hydrogen (secondary N) is 1. The van der Waals surface area contributed by atoms with Gasteiger partial charge in [0.25, 0.3) is 0 Å². The van der Waals surface area contributed by atoms with Crippen molar-refractivity contribution in [2.45, 2.75) is 44.1 Å². The Morgan fingerprint density at radius 2 is 2.05 bits per heavy atom. The van der Waals surface area contributed by atoms with E-state index in [1.807, 2.05) is 0 Å². The van der Waals surface area contributed by atoms with E-state index < -0.39 is 24.2 Å². The Hall–Kier alpha value is -2.23. The molecule has 1 aliphatic heterocycles. The van der Waals surface area contributed by atoms with Crippen LogP contribution in [0.15, 0.2) is 36.4 Å². The SMILES string of the molecule is C=CCCC(=O)N(CCN1CCOCC1)C1CC(C(=O)NCCO)=CC(Oc2c(I)cc(CO)cc2OC)C1O. The van der Waals surface area contributed by atoms with Gasteiger partial charge in [-0.25, -0.2) is 0 Å². The summed E-state index contributed by atoms with van der Waals surface area (Å²) in [7, 11) is 1.48. The fraction of sp³-hybridized carbons (Fsp3) is 0.571. The van der Waals surface area contributed by atoms with E-state index in [0.717, 1.165) is 13.1 Å². The van der Waals surface area contributed by atoms with Crippen molar-refractivity contribution in [2.75, 3.05) is 59.7 Å². The minimum atomic E-state index is -1.15. The molecule has 222 valence electrons. The summed E-state index contributed by atoms with van der Waals surface area (Å²) in [5, 5.41) is 33.1. The zero-order valence-corrected chi connectivity index (χ0v) is 25.0. The van der Waals surface area contributed by atoms with Crippen molar-refractivity contribution in [3.05, 3.63) is 45.6 Å². The number of hydrogen-bond acceptors (Lipinski definition) is 9. The molecule has 0 spiro atoms. The van der Waals surface area contributed by atoms with Gasteiger partial charge in [0.05, 0.1) is 43.1 Å². The van der Waals surface area contributed by atoms with Gasteiger partial charge in [-0.2, -0.15) is 0 Å². The number of halogens is 1. The zero-order chi connectivity index (χ0) is 29.1. The molecule has 40 heavy (non-hydrogen) atoms. The monoisotopic (exact) mass is 673 g/mol. The summed E-state index contributed by atoms with van der Waals surface area (Å²) >= 11 is 2.07. The molecule has 0 saturated carbocycles. The fourth-order valence-electron chi connectivity index (χ4n) is 4.81. The molecule has 1 aromatic carbocycles. The number of nitrogens with zero attached hydrogens (tertiary/aromatic N) is 2. The Balaban J connectivity index is 1.95. The van der Waals surface area contributed by atoms with Crippen molar-refractivity contribution in [1.29, 1.82) is 0 Å². The van der Waals surface area contributed by atoms with Gasteiger partial charge >= 0.3 is 0 Å². The Labute approximate surface area is 248 Å². The molecule has 4 N–H and O–H groups in total. The Kier molecular flexibility index (Phi) is 13.1. The second-order valence-electron chi connectivity index (χ2n) is 9.65. The van der Waals surface area contributed by atoms with Crippen LogP contribution in [0.1, 0.15) is 24.8 Å². The molecular weight excluding hydrogens is 633 g/mol. The summed E-state index contributed by atoms with van der Waals surface area (Å²) in [6.07, 6.45) is 1.96. The number of hydrogen-bond donors (Lipinski definition) is 4. The van der Waals surface area contributed by atoms with E-state index in [1.54, 1.807) is 29.2 Å². The summed E-state index contributed by atoms with van der Waals surface area (Å²) in [6, 6.07) is 2.66. The summed E-state index contributed by atoms with van der Waals surface area (Å²) in [4.78, 5) is 30.3. The van der Waals surface area contributed by atoms with E-state index in [1.165, 1.54) is 7.11 Å². The molecule has 0 radical (unpaired) electrons. The van der Waals surface area contributed by atoms with Crippen molar-refractivity contribution in [2.24, 2.45) is 0 Å². The number of ether oxygens (including phenoxy) is 3. The maximum absolute atomic E-state index is 13.4. The maximum atomic E-state index is 13.4. The van der Waals surface area contributed by atoms with E-state index in [9.17, 15) is 24.9 Å². The van der Waals surface area contributed by atoms with Crippen LogP contribution in [0.25, 0.3) is 0 Å². The first-order valence-corrected chi connectivity index (χ1v) is 14.5. The van der Waals surface area contributed by atoms with Crippen LogP contribution in [0.5, 0.6) is 11.5 Å². The minimum absolute atomic E-state index is 0.0717. The van der Waals surface area contributed by atoms with Gasteiger partial charge in [0.2, 0.25) is 11.8 Å². The van der Waals surface area contributed by atoms with E-state index in [2.05, 4.69) is 39.4 Å². The molecule has 2 aliphatic rings. The summed E-state index contributed by atoms with van der Waals surface area (Å²) in [6.45, 7) is 7.12. The molecule has 1 aromatic rings. The van der Waals surface area contributed by atoms with E-state index >= 15 is 0 Å². The van der Waals surface area contributed by atoms with Crippen molar-refractivity contribution < 1.29 is 39.1 Å². The van der Waals surface area contributed by atoms with Crippen LogP contribution in [-0.4, -0.2) is 115 Å². The number of rotatable bonds is 14. The average molecular weight is 674 g/mol. The highest BCUT2D eigenvalue weighted by Gasteiger charge is 2.41. The fourth-order valence-corrected chi connectivity index (χ4v) is 5.61. The molecule has 1 fully saturated rings. The second kappa shape index (κ2) is 16.3. The number of aliphatic hydroxyl groups is 3. The van der Waals surface area contributed by atoms with Crippen LogP contribution in [0.4, 0.5) is 0 Å². The second-order valence-corrected chi connectivity index (χ2v) is 10.8. The third-order valence-electron chi connectivity index (χ3n) is 6.98. The molecule has 0 bridgehead atoms. The van der Waals surface area contributed by atoms with E-state index in [0.29, 0.717) is 58.9 Å². The van der Waals surface area contributed by atoms with Crippen LogP contribution in [-0.2, 0) is 20.9 Å². The summed E-state index contributed by atoms with van der Waals surface area (Å²) in [5.74, 6) is 0.182. The van der Waals surface area contributed by atoms with Crippen molar-refractivity contribution >= 4 is 34.4 Å². The van der Waals surface area contributed by atoms with Gasteiger partial charge < -0.3 is 39.7 Å². The highest BCUT2D eigenvalue weighted by molar-refractivity contribution is 14.1. The first kappa shape index (κ1) is 32.3. The quantitative estimate of drug-likeness (QED) is 0.167. The number of allylic oxidation sites excluding steroid dienone is 1. The van der Waals surface area contributed by atoms with Gasteiger partial charge in [-0.1, -0.05) is 6.08 Å². The highest BCUT2D eigenvalue weighted by atomic mass is 127. The molecule has 1 saturated heterocycles. The van der Waals surface area contributed by atoms with Crippen LogP contribution in [0.2, 0.25) is 0 Å². The molecule has 1 heterocycles. The van der Waals surface area contributed by atoms with Crippen molar-refractivity contribution in [3.8, 4) is 11.5 Å². The molecule has 0 aromatic heterocycles.